The van der Waals surface area contributed by atoms with E-state index in [0.29, 0.717) is 5.56 Å². The van der Waals surface area contributed by atoms with Crippen LogP contribution in [-0.4, -0.2) is 78.4 Å². The fraction of sp³-hybridized carbons (Fsp3) is 0.321. The van der Waals surface area contributed by atoms with E-state index in [2.05, 4.69) is 4.98 Å². The number of esters is 1. The second kappa shape index (κ2) is 9.84. The fourth-order valence-corrected chi connectivity index (χ4v) is 5.07. The first-order chi connectivity index (χ1) is 18.8. The van der Waals surface area contributed by atoms with Crippen molar-refractivity contribution in [3.8, 4) is 17.2 Å². The number of nitrogens with one attached hydrogen (secondary N) is 1. The lowest BCUT2D eigenvalue weighted by Gasteiger charge is -2.44. The topological polar surface area (TPSA) is 196 Å². The summed E-state index contributed by atoms with van der Waals surface area (Å²) in [6.07, 6.45) is -3.62. The van der Waals surface area contributed by atoms with E-state index in [9.17, 15) is 39.9 Å². The monoisotopic (exact) mass is 553 g/mol. The molecule has 2 aliphatic rings. The minimum Gasteiger partial charge on any atom is -0.507 e. The summed E-state index contributed by atoms with van der Waals surface area (Å²) in [6, 6.07) is 5.69. The van der Waals surface area contributed by atoms with Crippen LogP contribution in [0.4, 0.5) is 0 Å². The van der Waals surface area contributed by atoms with E-state index < -0.39 is 53.7 Å². The van der Waals surface area contributed by atoms with Gasteiger partial charge in [0.25, 0.3) is 0 Å². The van der Waals surface area contributed by atoms with Gasteiger partial charge < -0.3 is 44.7 Å². The van der Waals surface area contributed by atoms with E-state index in [4.69, 9.17) is 14.2 Å². The zero-order chi connectivity index (χ0) is 29.1. The fourth-order valence-electron chi connectivity index (χ4n) is 5.07. The van der Waals surface area contributed by atoms with Gasteiger partial charge >= 0.3 is 5.97 Å². The van der Waals surface area contributed by atoms with Crippen LogP contribution in [0.5, 0.6) is 17.2 Å². The van der Waals surface area contributed by atoms with Gasteiger partial charge in [-0.25, -0.2) is 0 Å². The summed E-state index contributed by atoms with van der Waals surface area (Å²) in [6.45, 7) is 3.96. The van der Waals surface area contributed by atoms with E-state index in [1.54, 1.807) is 18.5 Å². The Morgan fingerprint density at radius 2 is 1.77 bits per heavy atom. The molecule has 0 spiro atoms. The maximum absolute atomic E-state index is 14.0. The van der Waals surface area contributed by atoms with E-state index in [0.717, 1.165) is 0 Å². The van der Waals surface area contributed by atoms with E-state index in [-0.39, 0.29) is 51.3 Å². The maximum Gasteiger partial charge on any atom is 0.308 e. The molecule has 12 heteroatoms. The number of aliphatic hydroxyl groups excluding tert-OH is 2. The van der Waals surface area contributed by atoms with Crippen LogP contribution in [0.2, 0.25) is 0 Å². The standard InChI is InChI=1S/C28H27NO11/c1-11-21(31)20-19(23(33)17-9-15(39-13(3)30)4-5-16(17)22(20)32)18(8-14-6-7-29-10-14)24(11)40-27-26(35)28(36,37)25(34)12(2)38-27/h4-7,9-10,12,25-27,29,31,34-37H,8H2,1-3H3/t12-,25+,26-,27+/m0/s1. The average Bonchev–Trinajstić information content (AvgIpc) is 3.41. The predicted molar refractivity (Wildman–Crippen MR) is 135 cm³/mol. The predicted octanol–water partition coefficient (Wildman–Crippen LogP) is 0.847. The number of benzene rings is 2. The summed E-state index contributed by atoms with van der Waals surface area (Å²) in [5, 5.41) is 52.5. The van der Waals surface area contributed by atoms with Crippen molar-refractivity contribution < 1.29 is 54.1 Å². The summed E-state index contributed by atoms with van der Waals surface area (Å²) in [5.74, 6) is -5.56. The van der Waals surface area contributed by atoms with Gasteiger partial charge in [0.1, 0.15) is 23.4 Å². The summed E-state index contributed by atoms with van der Waals surface area (Å²) in [7, 11) is 0. The SMILES string of the molecule is CC(=O)Oc1ccc2c(c1)C(=O)c1c(Cc3cc[nH]c3)c(O[C@H]3O[C@@H](C)[C@@H](O)C(O)(O)[C@H]3O)c(C)c(O)c1C2=O. The van der Waals surface area contributed by atoms with Crippen LogP contribution in [0, 0.1) is 6.92 Å². The molecule has 0 radical (unpaired) electrons. The molecule has 40 heavy (non-hydrogen) atoms. The molecule has 5 rings (SSSR count). The molecule has 1 aromatic heterocycles. The Morgan fingerprint density at radius 3 is 2.42 bits per heavy atom. The number of hydrogen-bond donors (Lipinski definition) is 6. The highest BCUT2D eigenvalue weighted by Crippen LogP contribution is 2.45. The molecule has 1 aliphatic heterocycles. The summed E-state index contributed by atoms with van der Waals surface area (Å²) < 4.78 is 16.5. The number of carbonyl (C=O) groups is 3. The lowest BCUT2D eigenvalue weighted by molar-refractivity contribution is -0.371. The third-order valence-corrected chi connectivity index (χ3v) is 7.15. The van der Waals surface area contributed by atoms with Crippen molar-refractivity contribution in [2.24, 2.45) is 0 Å². The van der Waals surface area contributed by atoms with Gasteiger partial charge in [-0.05, 0) is 43.7 Å². The van der Waals surface area contributed by atoms with E-state index in [1.807, 2.05) is 0 Å². The van der Waals surface area contributed by atoms with E-state index in [1.165, 1.54) is 39.0 Å². The smallest absolute Gasteiger partial charge is 0.308 e. The molecule has 1 aliphatic carbocycles. The molecule has 4 atom stereocenters. The highest BCUT2D eigenvalue weighted by molar-refractivity contribution is 6.30. The molecular formula is C28H27NO11. The molecule has 2 aromatic carbocycles. The highest BCUT2D eigenvalue weighted by atomic mass is 16.7. The third kappa shape index (κ3) is 4.35. The van der Waals surface area contributed by atoms with Gasteiger partial charge in [0.15, 0.2) is 17.7 Å². The van der Waals surface area contributed by atoms with Crippen molar-refractivity contribution in [3.63, 3.8) is 0 Å². The van der Waals surface area contributed by atoms with Crippen LogP contribution in [0.15, 0.2) is 36.7 Å². The number of hydrogen-bond acceptors (Lipinski definition) is 11. The number of phenolic OH excluding ortho intramolecular Hbond substituents is 1. The van der Waals surface area contributed by atoms with Gasteiger partial charge in [0.2, 0.25) is 12.1 Å². The molecule has 210 valence electrons. The molecule has 12 nitrogen and oxygen atoms in total. The molecule has 0 bridgehead atoms. The number of carbonyl (C=O) groups excluding carboxylic acids is 3. The van der Waals surface area contributed by atoms with Crippen LogP contribution in [-0.2, 0) is 16.0 Å². The van der Waals surface area contributed by atoms with Gasteiger partial charge in [-0.1, -0.05) is 0 Å². The average molecular weight is 554 g/mol. The van der Waals surface area contributed by atoms with Crippen molar-refractivity contribution >= 4 is 17.5 Å². The number of fused-ring (bicyclic) bond motifs is 2. The summed E-state index contributed by atoms with van der Waals surface area (Å²) >= 11 is 0. The molecule has 1 fully saturated rings. The van der Waals surface area contributed by atoms with Crippen LogP contribution in [0.3, 0.4) is 0 Å². The number of ether oxygens (including phenoxy) is 3. The summed E-state index contributed by atoms with van der Waals surface area (Å²) in [4.78, 5) is 41.9. The maximum atomic E-state index is 14.0. The third-order valence-electron chi connectivity index (χ3n) is 7.15. The molecule has 3 aromatic rings. The number of rotatable bonds is 5. The Balaban J connectivity index is 1.70. The van der Waals surface area contributed by atoms with Gasteiger partial charge in [-0.15, -0.1) is 0 Å². The largest absolute Gasteiger partial charge is 0.507 e. The van der Waals surface area contributed by atoms with Crippen LogP contribution in [0.25, 0.3) is 0 Å². The number of aliphatic hydroxyl groups is 4. The lowest BCUT2D eigenvalue weighted by Crippen LogP contribution is -2.67. The summed E-state index contributed by atoms with van der Waals surface area (Å²) in [5.41, 5.74) is 0.378. The Kier molecular flexibility index (Phi) is 6.76. The Labute approximate surface area is 227 Å². The Morgan fingerprint density at radius 1 is 1.07 bits per heavy atom. The van der Waals surface area contributed by atoms with Gasteiger partial charge in [0, 0.05) is 53.6 Å². The van der Waals surface area contributed by atoms with Crippen molar-refractivity contribution in [1.29, 1.82) is 0 Å². The number of aromatic hydroxyl groups is 1. The first kappa shape index (κ1) is 27.5. The van der Waals surface area contributed by atoms with Crippen molar-refractivity contribution in [1.82, 2.24) is 4.98 Å². The number of ketones is 2. The number of H-pyrrole nitrogens is 1. The Bertz CT molecular complexity index is 1530. The van der Waals surface area contributed by atoms with E-state index >= 15 is 0 Å². The number of aromatic amines is 1. The highest BCUT2D eigenvalue weighted by Gasteiger charge is 2.54. The second-order valence-electron chi connectivity index (χ2n) is 9.89. The molecule has 0 saturated carbocycles. The molecule has 0 amide bonds. The van der Waals surface area contributed by atoms with Crippen molar-refractivity contribution in [2.75, 3.05) is 0 Å². The zero-order valence-corrected chi connectivity index (χ0v) is 21.7. The quantitative estimate of drug-likeness (QED) is 0.116. The zero-order valence-electron chi connectivity index (χ0n) is 21.7. The number of aromatic nitrogens is 1. The van der Waals surface area contributed by atoms with Crippen molar-refractivity contribution in [2.45, 2.75) is 57.6 Å². The molecule has 2 heterocycles. The Hall–Kier alpha value is -4.07. The minimum absolute atomic E-state index is 0.00329. The first-order valence-corrected chi connectivity index (χ1v) is 12.4. The van der Waals surface area contributed by atoms with Crippen LogP contribution in [0.1, 0.15) is 62.4 Å². The lowest BCUT2D eigenvalue weighted by atomic mass is 9.78. The van der Waals surface area contributed by atoms with Crippen LogP contribution < -0.4 is 9.47 Å². The first-order valence-electron chi connectivity index (χ1n) is 12.4. The van der Waals surface area contributed by atoms with Crippen LogP contribution >= 0.6 is 0 Å². The van der Waals surface area contributed by atoms with Gasteiger partial charge in [0.05, 0.1) is 11.7 Å². The normalized spacial score (nSPS) is 23.4. The molecule has 1 saturated heterocycles. The molecular weight excluding hydrogens is 526 g/mol. The molecule has 0 unspecified atom stereocenters. The number of phenols is 1. The second-order valence-corrected chi connectivity index (χ2v) is 9.89. The van der Waals surface area contributed by atoms with Gasteiger partial charge in [-0.2, -0.15) is 0 Å². The van der Waals surface area contributed by atoms with Gasteiger partial charge in [-0.3, -0.25) is 14.4 Å². The minimum atomic E-state index is -2.99. The van der Waals surface area contributed by atoms with Crippen molar-refractivity contribution in [3.05, 3.63) is 75.6 Å². The molecule has 6 N–H and O–H groups in total.